The van der Waals surface area contributed by atoms with Gasteiger partial charge in [-0.15, -0.1) is 0 Å². The molecule has 8 heteroatoms. The molecule has 0 unspecified atom stereocenters. The highest BCUT2D eigenvalue weighted by atomic mass is 35.5. The van der Waals surface area contributed by atoms with Crippen LogP contribution in [0.1, 0.15) is 15.9 Å². The molecule has 1 amide bonds. The van der Waals surface area contributed by atoms with E-state index in [2.05, 4.69) is 15.3 Å². The van der Waals surface area contributed by atoms with Crippen molar-refractivity contribution in [3.63, 3.8) is 0 Å². The number of nitrogens with one attached hydrogen (secondary N) is 2. The number of aromatic nitrogens is 2. The summed E-state index contributed by atoms with van der Waals surface area (Å²) in [6, 6.07) is 18.3. The van der Waals surface area contributed by atoms with Crippen LogP contribution < -0.4 is 14.8 Å². The molecule has 1 aromatic heterocycles. The van der Waals surface area contributed by atoms with Gasteiger partial charge in [-0.05, 0) is 42.0 Å². The van der Waals surface area contributed by atoms with Crippen molar-refractivity contribution in [1.29, 1.82) is 0 Å². The van der Waals surface area contributed by atoms with Crippen LogP contribution in [0.3, 0.4) is 0 Å². The smallest absolute Gasteiger partial charge is 0.253 e. The van der Waals surface area contributed by atoms with Crippen LogP contribution in [-0.4, -0.2) is 30.1 Å². The van der Waals surface area contributed by atoms with Crippen molar-refractivity contribution in [2.24, 2.45) is 0 Å². The van der Waals surface area contributed by atoms with E-state index in [0.29, 0.717) is 28.7 Å². The molecule has 0 aliphatic rings. The molecule has 0 fully saturated rings. The summed E-state index contributed by atoms with van der Waals surface area (Å²) in [5.41, 5.74) is 3.78. The van der Waals surface area contributed by atoms with E-state index >= 15 is 0 Å². The summed E-state index contributed by atoms with van der Waals surface area (Å²) in [5.74, 6) is 1.83. The molecule has 4 aromatic rings. The summed E-state index contributed by atoms with van der Waals surface area (Å²) in [5, 5.41) is 3.46. The van der Waals surface area contributed by atoms with Crippen molar-refractivity contribution < 1.29 is 14.3 Å². The summed E-state index contributed by atoms with van der Waals surface area (Å²) >= 11 is 12.2. The van der Waals surface area contributed by atoms with Crippen molar-refractivity contribution in [3.05, 3.63) is 88.0 Å². The van der Waals surface area contributed by atoms with Gasteiger partial charge < -0.3 is 19.8 Å². The molecular formula is C25H21Cl2N3O3. The fraction of sp³-hybridized carbons (Fsp3) is 0.120. The maximum absolute atomic E-state index is 12.5. The standard InChI is InChI=1S/C25H21Cl2N3O3/c1-32-17-9-10-22(33-2)19(12-17)21-14-28-24(30-21)16-6-3-5-15(11-16)13-29-25(31)18-7-4-8-20(26)23(18)27/h3-12,14H,13H2,1-2H3,(H,28,30)(H,29,31). The van der Waals surface area contributed by atoms with Crippen LogP contribution in [0.4, 0.5) is 0 Å². The fourth-order valence-corrected chi connectivity index (χ4v) is 3.80. The number of aromatic amines is 1. The number of rotatable bonds is 7. The van der Waals surface area contributed by atoms with Gasteiger partial charge in [-0.1, -0.05) is 47.5 Å². The van der Waals surface area contributed by atoms with Crippen molar-refractivity contribution in [2.75, 3.05) is 14.2 Å². The lowest BCUT2D eigenvalue weighted by atomic mass is 10.1. The molecule has 0 bridgehead atoms. The van der Waals surface area contributed by atoms with Crippen LogP contribution >= 0.6 is 23.2 Å². The monoisotopic (exact) mass is 481 g/mol. The zero-order valence-electron chi connectivity index (χ0n) is 18.0. The van der Waals surface area contributed by atoms with E-state index in [9.17, 15) is 4.79 Å². The average molecular weight is 482 g/mol. The second-order valence-corrected chi connectivity index (χ2v) is 7.98. The quantitative estimate of drug-likeness (QED) is 0.339. The third-order valence-electron chi connectivity index (χ3n) is 5.12. The van der Waals surface area contributed by atoms with E-state index in [1.807, 2.05) is 42.5 Å². The molecule has 0 saturated heterocycles. The third kappa shape index (κ3) is 4.97. The summed E-state index contributed by atoms with van der Waals surface area (Å²) in [7, 11) is 3.24. The lowest BCUT2D eigenvalue weighted by Gasteiger charge is -2.09. The van der Waals surface area contributed by atoms with Crippen LogP contribution in [0.2, 0.25) is 10.0 Å². The highest BCUT2D eigenvalue weighted by Gasteiger charge is 2.14. The number of halogens is 2. The molecule has 6 nitrogen and oxygen atoms in total. The first-order valence-electron chi connectivity index (χ1n) is 10.1. The van der Waals surface area contributed by atoms with Gasteiger partial charge >= 0.3 is 0 Å². The fourth-order valence-electron chi connectivity index (χ4n) is 3.41. The largest absolute Gasteiger partial charge is 0.497 e. The van der Waals surface area contributed by atoms with Gasteiger partial charge in [-0.25, -0.2) is 4.98 Å². The Bertz CT molecular complexity index is 1300. The predicted molar refractivity (Wildman–Crippen MR) is 130 cm³/mol. The number of carbonyl (C=O) groups excluding carboxylic acids is 1. The third-order valence-corrected chi connectivity index (χ3v) is 5.94. The van der Waals surface area contributed by atoms with E-state index in [4.69, 9.17) is 32.7 Å². The van der Waals surface area contributed by atoms with Crippen molar-refractivity contribution in [1.82, 2.24) is 15.3 Å². The Morgan fingerprint density at radius 2 is 1.85 bits per heavy atom. The van der Waals surface area contributed by atoms with Crippen LogP contribution in [0, 0.1) is 0 Å². The Morgan fingerprint density at radius 1 is 1.03 bits per heavy atom. The zero-order chi connectivity index (χ0) is 23.4. The first-order chi connectivity index (χ1) is 16.0. The molecule has 3 aromatic carbocycles. The molecule has 0 aliphatic carbocycles. The van der Waals surface area contributed by atoms with Gasteiger partial charge in [0.05, 0.1) is 41.7 Å². The second-order valence-electron chi connectivity index (χ2n) is 7.20. The van der Waals surface area contributed by atoms with E-state index in [0.717, 1.165) is 28.1 Å². The normalized spacial score (nSPS) is 10.7. The first-order valence-corrected chi connectivity index (χ1v) is 10.8. The van der Waals surface area contributed by atoms with Gasteiger partial charge in [0.25, 0.3) is 5.91 Å². The number of benzene rings is 3. The zero-order valence-corrected chi connectivity index (χ0v) is 19.5. The van der Waals surface area contributed by atoms with Crippen LogP contribution in [0.5, 0.6) is 11.5 Å². The highest BCUT2D eigenvalue weighted by Crippen LogP contribution is 2.33. The van der Waals surface area contributed by atoms with Crippen LogP contribution in [0.15, 0.2) is 66.9 Å². The summed E-state index contributed by atoms with van der Waals surface area (Å²) in [4.78, 5) is 20.4. The number of nitrogens with zero attached hydrogens (tertiary/aromatic N) is 1. The number of methoxy groups -OCH3 is 2. The maximum Gasteiger partial charge on any atom is 0.253 e. The SMILES string of the molecule is COc1ccc(OC)c(-c2cnc(-c3cccc(CNC(=O)c4cccc(Cl)c4Cl)c3)[nH]2)c1. The molecule has 0 atom stereocenters. The van der Waals surface area contributed by atoms with E-state index in [-0.39, 0.29) is 10.9 Å². The van der Waals surface area contributed by atoms with E-state index < -0.39 is 0 Å². The summed E-state index contributed by atoms with van der Waals surface area (Å²) in [6.07, 6.45) is 1.75. The lowest BCUT2D eigenvalue weighted by Crippen LogP contribution is -2.23. The highest BCUT2D eigenvalue weighted by molar-refractivity contribution is 6.43. The average Bonchev–Trinajstić information content (AvgIpc) is 3.34. The Morgan fingerprint density at radius 3 is 2.64 bits per heavy atom. The number of amides is 1. The first kappa shape index (κ1) is 22.7. The second kappa shape index (κ2) is 9.98. The molecular weight excluding hydrogens is 461 g/mol. The lowest BCUT2D eigenvalue weighted by molar-refractivity contribution is 0.0951. The van der Waals surface area contributed by atoms with Gasteiger partial charge in [0.2, 0.25) is 0 Å². The van der Waals surface area contributed by atoms with Gasteiger partial charge in [-0.2, -0.15) is 0 Å². The number of hydrogen-bond acceptors (Lipinski definition) is 4. The molecule has 0 saturated carbocycles. The minimum absolute atomic E-state index is 0.238. The number of ether oxygens (including phenoxy) is 2. The number of imidazole rings is 1. The topological polar surface area (TPSA) is 76.2 Å². The maximum atomic E-state index is 12.5. The molecule has 4 rings (SSSR count). The van der Waals surface area contributed by atoms with Crippen molar-refractivity contribution >= 4 is 29.1 Å². The van der Waals surface area contributed by atoms with Crippen LogP contribution in [0.25, 0.3) is 22.6 Å². The number of hydrogen-bond donors (Lipinski definition) is 2. The van der Waals surface area contributed by atoms with Crippen molar-refractivity contribution in [3.8, 4) is 34.1 Å². The van der Waals surface area contributed by atoms with Gasteiger partial charge in [0.15, 0.2) is 0 Å². The Labute approximate surface area is 201 Å². The molecule has 0 spiro atoms. The molecule has 0 aliphatic heterocycles. The Kier molecular flexibility index (Phi) is 6.87. The van der Waals surface area contributed by atoms with E-state index in [1.54, 1.807) is 38.6 Å². The van der Waals surface area contributed by atoms with Crippen molar-refractivity contribution in [2.45, 2.75) is 6.54 Å². The summed E-state index contributed by atoms with van der Waals surface area (Å²) in [6.45, 7) is 0.326. The minimum atomic E-state index is -0.293. The minimum Gasteiger partial charge on any atom is -0.497 e. The number of H-pyrrole nitrogens is 1. The predicted octanol–water partition coefficient (Wildman–Crippen LogP) is 6.00. The van der Waals surface area contributed by atoms with E-state index in [1.165, 1.54) is 0 Å². The van der Waals surface area contributed by atoms with Gasteiger partial charge in [-0.3, -0.25) is 4.79 Å². The van der Waals surface area contributed by atoms with Crippen LogP contribution in [-0.2, 0) is 6.54 Å². The molecule has 1 heterocycles. The molecule has 0 radical (unpaired) electrons. The van der Waals surface area contributed by atoms with Gasteiger partial charge in [0, 0.05) is 17.7 Å². The molecule has 168 valence electrons. The Balaban J connectivity index is 1.53. The molecule has 33 heavy (non-hydrogen) atoms. The summed E-state index contributed by atoms with van der Waals surface area (Å²) < 4.78 is 10.8. The Hall–Kier alpha value is -3.48. The van der Waals surface area contributed by atoms with Gasteiger partial charge in [0.1, 0.15) is 17.3 Å². The molecule has 2 N–H and O–H groups in total. The number of carbonyl (C=O) groups is 1.